The molecule has 1 amide bonds. The molecule has 3 rings (SSSR count). The zero-order chi connectivity index (χ0) is 24.3. The Morgan fingerprint density at radius 1 is 0.912 bits per heavy atom. The SMILES string of the molecule is O=C(N[C@@H](CSC(=O)c1ccccc1)C(=O)Oc1ccc([N+](=O)[O-])cc1)OCc1ccccc1. The summed E-state index contributed by atoms with van der Waals surface area (Å²) in [7, 11) is 0. The van der Waals surface area contributed by atoms with Gasteiger partial charge in [0, 0.05) is 23.4 Å². The number of non-ortho nitro benzene ring substituents is 1. The number of nitrogens with zero attached hydrogens (tertiary/aromatic N) is 1. The van der Waals surface area contributed by atoms with Gasteiger partial charge in [0.1, 0.15) is 18.4 Å². The van der Waals surface area contributed by atoms with Gasteiger partial charge >= 0.3 is 12.1 Å². The fourth-order valence-corrected chi connectivity index (χ4v) is 3.56. The minimum Gasteiger partial charge on any atom is -0.445 e. The zero-order valence-corrected chi connectivity index (χ0v) is 18.6. The van der Waals surface area contributed by atoms with E-state index in [9.17, 15) is 24.5 Å². The van der Waals surface area contributed by atoms with Crippen LogP contribution in [0.4, 0.5) is 10.5 Å². The number of nitro groups is 1. The van der Waals surface area contributed by atoms with Crippen molar-refractivity contribution in [2.24, 2.45) is 0 Å². The van der Waals surface area contributed by atoms with E-state index in [-0.39, 0.29) is 28.9 Å². The topological polar surface area (TPSA) is 125 Å². The summed E-state index contributed by atoms with van der Waals surface area (Å²) in [6.45, 7) is -0.00706. The van der Waals surface area contributed by atoms with Gasteiger partial charge in [-0.1, -0.05) is 72.4 Å². The van der Waals surface area contributed by atoms with Crippen molar-refractivity contribution in [1.29, 1.82) is 0 Å². The smallest absolute Gasteiger partial charge is 0.408 e. The second-order valence-corrected chi connectivity index (χ2v) is 7.89. The van der Waals surface area contributed by atoms with E-state index in [2.05, 4.69) is 5.32 Å². The Kier molecular flexibility index (Phi) is 8.75. The van der Waals surface area contributed by atoms with E-state index in [0.29, 0.717) is 5.56 Å². The number of carbonyl (C=O) groups is 3. The van der Waals surface area contributed by atoms with Crippen molar-refractivity contribution in [1.82, 2.24) is 5.32 Å². The van der Waals surface area contributed by atoms with Gasteiger partial charge in [-0.05, 0) is 17.7 Å². The number of nitrogens with one attached hydrogen (secondary N) is 1. The van der Waals surface area contributed by atoms with Crippen LogP contribution in [0.1, 0.15) is 15.9 Å². The second kappa shape index (κ2) is 12.2. The first-order valence-electron chi connectivity index (χ1n) is 10.1. The van der Waals surface area contributed by atoms with Crippen LogP contribution in [0.5, 0.6) is 5.75 Å². The summed E-state index contributed by atoms with van der Waals surface area (Å²) in [5, 5.41) is 12.9. The van der Waals surface area contributed by atoms with Gasteiger partial charge in [-0.25, -0.2) is 9.59 Å². The molecule has 0 aromatic heterocycles. The number of nitro benzene ring substituents is 1. The van der Waals surface area contributed by atoms with Crippen molar-refractivity contribution in [3.8, 4) is 5.75 Å². The minimum absolute atomic E-state index is 0.00706. The van der Waals surface area contributed by atoms with E-state index in [1.165, 1.54) is 24.3 Å². The molecule has 10 heteroatoms. The van der Waals surface area contributed by atoms with Crippen molar-refractivity contribution in [3.63, 3.8) is 0 Å². The number of ether oxygens (including phenoxy) is 2. The number of benzene rings is 3. The highest BCUT2D eigenvalue weighted by Gasteiger charge is 2.25. The molecule has 3 aromatic carbocycles. The maximum Gasteiger partial charge on any atom is 0.408 e. The summed E-state index contributed by atoms with van der Waals surface area (Å²) < 4.78 is 10.4. The highest BCUT2D eigenvalue weighted by atomic mass is 32.2. The molecule has 0 heterocycles. The van der Waals surface area contributed by atoms with Gasteiger partial charge < -0.3 is 14.8 Å². The van der Waals surface area contributed by atoms with E-state index in [1.807, 2.05) is 6.07 Å². The lowest BCUT2D eigenvalue weighted by atomic mass is 10.2. The van der Waals surface area contributed by atoms with Gasteiger partial charge in [0.25, 0.3) is 5.69 Å². The molecule has 0 aliphatic rings. The van der Waals surface area contributed by atoms with Crippen LogP contribution in [0.3, 0.4) is 0 Å². The van der Waals surface area contributed by atoms with Crippen LogP contribution in [0.15, 0.2) is 84.9 Å². The van der Waals surface area contributed by atoms with Crippen LogP contribution in [0.2, 0.25) is 0 Å². The Morgan fingerprint density at radius 3 is 2.15 bits per heavy atom. The maximum absolute atomic E-state index is 12.7. The number of rotatable bonds is 9. The quantitative estimate of drug-likeness (QED) is 0.207. The average molecular weight is 480 g/mol. The minimum atomic E-state index is -1.21. The Balaban J connectivity index is 1.65. The lowest BCUT2D eigenvalue weighted by molar-refractivity contribution is -0.384. The molecule has 174 valence electrons. The number of hydrogen-bond donors (Lipinski definition) is 1. The molecule has 0 unspecified atom stereocenters. The molecule has 1 N–H and O–H groups in total. The third-order valence-corrected chi connectivity index (χ3v) is 5.44. The highest BCUT2D eigenvalue weighted by molar-refractivity contribution is 8.14. The van der Waals surface area contributed by atoms with Crippen LogP contribution in [-0.2, 0) is 16.1 Å². The van der Waals surface area contributed by atoms with Crippen molar-refractivity contribution in [2.45, 2.75) is 12.6 Å². The predicted molar refractivity (Wildman–Crippen MR) is 126 cm³/mol. The zero-order valence-electron chi connectivity index (χ0n) is 17.8. The van der Waals surface area contributed by atoms with Gasteiger partial charge in [0.15, 0.2) is 0 Å². The van der Waals surface area contributed by atoms with Gasteiger partial charge in [0.05, 0.1) is 4.92 Å². The van der Waals surface area contributed by atoms with Crippen molar-refractivity contribution >= 4 is 34.6 Å². The standard InChI is InChI=1S/C24H20N2O7S/c27-22(33-20-13-11-19(12-14-20)26(30)31)21(16-34-23(28)18-9-5-2-6-10-18)25-24(29)32-15-17-7-3-1-4-8-17/h1-14,21H,15-16H2,(H,25,29)/t21-/m0/s1. The monoisotopic (exact) mass is 480 g/mol. The molecular formula is C24H20N2O7S. The van der Waals surface area contributed by atoms with Crippen LogP contribution >= 0.6 is 11.8 Å². The number of thioether (sulfide) groups is 1. The van der Waals surface area contributed by atoms with Gasteiger partial charge in [-0.2, -0.15) is 0 Å². The van der Waals surface area contributed by atoms with Crippen LogP contribution < -0.4 is 10.1 Å². The van der Waals surface area contributed by atoms with Crippen molar-refractivity contribution in [3.05, 3.63) is 106 Å². The summed E-state index contributed by atoms with van der Waals surface area (Å²) in [4.78, 5) is 47.7. The Hall–Kier alpha value is -4.18. The first kappa shape index (κ1) is 24.5. The molecule has 0 aliphatic carbocycles. The van der Waals surface area contributed by atoms with Crippen LogP contribution in [-0.4, -0.2) is 33.9 Å². The molecule has 0 saturated carbocycles. The molecule has 1 atom stereocenters. The summed E-state index contributed by atoms with van der Waals surface area (Å²) in [6.07, 6.45) is -0.859. The third-order valence-electron chi connectivity index (χ3n) is 4.45. The Bertz CT molecular complexity index is 1140. The molecule has 34 heavy (non-hydrogen) atoms. The highest BCUT2D eigenvalue weighted by Crippen LogP contribution is 2.19. The predicted octanol–water partition coefficient (Wildman–Crippen LogP) is 4.37. The molecule has 3 aromatic rings. The third kappa shape index (κ3) is 7.45. The summed E-state index contributed by atoms with van der Waals surface area (Å²) in [6, 6.07) is 21.2. The molecule has 0 spiro atoms. The first-order chi connectivity index (χ1) is 16.4. The van der Waals surface area contributed by atoms with E-state index in [1.54, 1.807) is 54.6 Å². The first-order valence-corrected chi connectivity index (χ1v) is 11.1. The van der Waals surface area contributed by atoms with Gasteiger partial charge in [-0.3, -0.25) is 14.9 Å². The number of esters is 1. The fraction of sp³-hybridized carbons (Fsp3) is 0.125. The van der Waals surface area contributed by atoms with E-state index < -0.39 is 23.0 Å². The Morgan fingerprint density at radius 2 is 1.53 bits per heavy atom. The molecule has 0 fully saturated rings. The lowest BCUT2D eigenvalue weighted by Crippen LogP contribution is -2.45. The molecule has 0 saturated heterocycles. The molecular weight excluding hydrogens is 460 g/mol. The van der Waals surface area contributed by atoms with E-state index in [4.69, 9.17) is 9.47 Å². The number of amides is 1. The maximum atomic E-state index is 12.7. The fourth-order valence-electron chi connectivity index (χ4n) is 2.72. The molecule has 0 bridgehead atoms. The summed E-state index contributed by atoms with van der Waals surface area (Å²) in [5.74, 6) is -0.904. The second-order valence-electron chi connectivity index (χ2n) is 6.90. The van der Waals surface area contributed by atoms with Crippen molar-refractivity contribution in [2.75, 3.05) is 5.75 Å². The van der Waals surface area contributed by atoms with E-state index >= 15 is 0 Å². The normalized spacial score (nSPS) is 11.2. The summed E-state index contributed by atoms with van der Waals surface area (Å²) in [5.41, 5.74) is 1.04. The summed E-state index contributed by atoms with van der Waals surface area (Å²) >= 11 is 0.840. The molecule has 9 nitrogen and oxygen atoms in total. The number of alkyl carbamates (subject to hydrolysis) is 1. The van der Waals surface area contributed by atoms with Crippen LogP contribution in [0, 0.1) is 10.1 Å². The number of carbonyl (C=O) groups excluding carboxylic acids is 3. The average Bonchev–Trinajstić information content (AvgIpc) is 2.86. The van der Waals surface area contributed by atoms with Crippen molar-refractivity contribution < 1.29 is 28.8 Å². The van der Waals surface area contributed by atoms with E-state index in [0.717, 1.165) is 17.3 Å². The molecule has 0 radical (unpaired) electrons. The molecule has 0 aliphatic heterocycles. The van der Waals surface area contributed by atoms with Gasteiger partial charge in [0.2, 0.25) is 5.12 Å². The van der Waals surface area contributed by atoms with Crippen LogP contribution in [0.25, 0.3) is 0 Å². The number of hydrogen-bond acceptors (Lipinski definition) is 8. The Labute approximate surface area is 199 Å². The lowest BCUT2D eigenvalue weighted by Gasteiger charge is -2.17. The largest absolute Gasteiger partial charge is 0.445 e. The van der Waals surface area contributed by atoms with Gasteiger partial charge in [-0.15, -0.1) is 0 Å².